The number of piperidine rings is 1. The summed E-state index contributed by atoms with van der Waals surface area (Å²) in [7, 11) is 0. The van der Waals surface area contributed by atoms with E-state index in [4.69, 9.17) is 10.6 Å². The van der Waals surface area contributed by atoms with Gasteiger partial charge >= 0.3 is 12.4 Å². The van der Waals surface area contributed by atoms with E-state index in [1.807, 2.05) is 35.3 Å². The molecule has 5 rings (SSSR count). The number of alkyl halides is 6. The van der Waals surface area contributed by atoms with Crippen molar-refractivity contribution in [1.82, 2.24) is 5.01 Å². The lowest BCUT2D eigenvalue weighted by Crippen LogP contribution is -2.44. The van der Waals surface area contributed by atoms with Crippen LogP contribution in [0.2, 0.25) is 0 Å². The quantitative estimate of drug-likeness (QED) is 0.265. The van der Waals surface area contributed by atoms with Crippen LogP contribution in [0.1, 0.15) is 46.7 Å². The molecule has 0 amide bonds. The zero-order chi connectivity index (χ0) is 26.4. The van der Waals surface area contributed by atoms with Crippen LogP contribution in [-0.2, 0) is 25.2 Å². The molecule has 2 heterocycles. The number of benzene rings is 3. The van der Waals surface area contributed by atoms with E-state index in [0.29, 0.717) is 30.8 Å². The van der Waals surface area contributed by atoms with E-state index in [0.717, 1.165) is 48.2 Å². The van der Waals surface area contributed by atoms with Crippen molar-refractivity contribution in [1.29, 1.82) is 0 Å². The molecule has 2 aliphatic rings. The van der Waals surface area contributed by atoms with Gasteiger partial charge in [0.2, 0.25) is 0 Å². The fourth-order valence-corrected chi connectivity index (χ4v) is 5.54. The van der Waals surface area contributed by atoms with Gasteiger partial charge in [-0.05, 0) is 83.3 Å². The Balaban J connectivity index is 0.00000336. The molecule has 10 heteroatoms. The normalized spacial score (nSPS) is 20.0. The highest BCUT2D eigenvalue weighted by atomic mass is 35.5. The summed E-state index contributed by atoms with van der Waals surface area (Å²) in [6, 6.07) is 14.8. The topological polar surface area (TPSA) is 38.5 Å². The predicted molar refractivity (Wildman–Crippen MR) is 135 cm³/mol. The van der Waals surface area contributed by atoms with Crippen LogP contribution in [0.25, 0.3) is 11.1 Å². The van der Waals surface area contributed by atoms with Crippen LogP contribution in [0.4, 0.5) is 26.3 Å². The first kappa shape index (κ1) is 28.3. The van der Waals surface area contributed by atoms with Gasteiger partial charge in [0.05, 0.1) is 23.8 Å². The molecular formula is C28H27ClF6N2O. The van der Waals surface area contributed by atoms with Crippen molar-refractivity contribution < 1.29 is 31.1 Å². The molecule has 0 saturated carbocycles. The highest BCUT2D eigenvalue weighted by molar-refractivity contribution is 5.85. The van der Waals surface area contributed by atoms with Gasteiger partial charge in [-0.2, -0.15) is 26.3 Å². The standard InChI is InChI=1S/C28H26F6N2O.ClH/c29-27(30,31)23-14-21(15-24(16-23)28(32,33)34)20-12-19-8-10-37-26(19)22(13-20)11-18-7-4-9-36(35)25(18)17-5-2-1-3-6-17;/h1-3,5-6,12-16,18,25H,4,7-11,35H2;1H/t18-,25+;/m0./s1. The van der Waals surface area contributed by atoms with Gasteiger partial charge in [-0.1, -0.05) is 30.3 Å². The Morgan fingerprint density at radius 3 is 2.13 bits per heavy atom. The summed E-state index contributed by atoms with van der Waals surface area (Å²) in [5.41, 5.74) is 0.162. The van der Waals surface area contributed by atoms with E-state index in [2.05, 4.69) is 0 Å². The lowest BCUT2D eigenvalue weighted by atomic mass is 9.80. The fourth-order valence-electron chi connectivity index (χ4n) is 5.54. The van der Waals surface area contributed by atoms with Gasteiger partial charge in [0.15, 0.2) is 0 Å². The van der Waals surface area contributed by atoms with Gasteiger partial charge in [0, 0.05) is 13.0 Å². The molecule has 0 spiro atoms. The lowest BCUT2D eigenvalue weighted by Gasteiger charge is -2.39. The maximum absolute atomic E-state index is 13.5. The molecule has 2 atom stereocenters. The van der Waals surface area contributed by atoms with E-state index in [1.54, 1.807) is 12.1 Å². The number of hydrogen-bond acceptors (Lipinski definition) is 3. The Labute approximate surface area is 223 Å². The van der Waals surface area contributed by atoms with E-state index >= 15 is 0 Å². The van der Waals surface area contributed by atoms with Crippen molar-refractivity contribution in [2.45, 2.75) is 44.1 Å². The summed E-state index contributed by atoms with van der Waals surface area (Å²) in [6.07, 6.45) is -6.97. The first-order valence-electron chi connectivity index (χ1n) is 12.2. The number of hydrazine groups is 1. The second-order valence-electron chi connectivity index (χ2n) is 9.72. The van der Waals surface area contributed by atoms with E-state index in [-0.39, 0.29) is 36.0 Å². The van der Waals surface area contributed by atoms with Crippen LogP contribution in [0.15, 0.2) is 60.7 Å². The number of fused-ring (bicyclic) bond motifs is 1. The first-order valence-corrected chi connectivity index (χ1v) is 12.2. The van der Waals surface area contributed by atoms with Gasteiger partial charge < -0.3 is 4.74 Å². The molecule has 0 bridgehead atoms. The molecule has 1 fully saturated rings. The second-order valence-corrected chi connectivity index (χ2v) is 9.72. The molecule has 204 valence electrons. The molecule has 0 unspecified atom stereocenters. The third kappa shape index (κ3) is 5.80. The molecule has 2 N–H and O–H groups in total. The van der Waals surface area contributed by atoms with Crippen LogP contribution >= 0.6 is 12.4 Å². The predicted octanol–water partition coefficient (Wildman–Crippen LogP) is 7.62. The van der Waals surface area contributed by atoms with Gasteiger partial charge in [-0.15, -0.1) is 12.4 Å². The van der Waals surface area contributed by atoms with Crippen LogP contribution in [0.3, 0.4) is 0 Å². The van der Waals surface area contributed by atoms with Crippen molar-refractivity contribution in [3.05, 3.63) is 88.5 Å². The Kier molecular flexibility index (Phi) is 8.02. The van der Waals surface area contributed by atoms with E-state index in [9.17, 15) is 26.3 Å². The Morgan fingerprint density at radius 1 is 0.868 bits per heavy atom. The molecule has 3 aromatic carbocycles. The third-order valence-corrected chi connectivity index (χ3v) is 7.20. The van der Waals surface area contributed by atoms with Crippen molar-refractivity contribution in [2.24, 2.45) is 11.8 Å². The number of ether oxygens (including phenoxy) is 1. The number of nitrogens with zero attached hydrogens (tertiary/aromatic N) is 1. The minimum atomic E-state index is -4.91. The monoisotopic (exact) mass is 556 g/mol. The fraction of sp³-hybridized carbons (Fsp3) is 0.357. The summed E-state index contributed by atoms with van der Waals surface area (Å²) >= 11 is 0. The van der Waals surface area contributed by atoms with E-state index < -0.39 is 23.5 Å². The summed E-state index contributed by atoms with van der Waals surface area (Å²) in [5.74, 6) is 7.16. The summed E-state index contributed by atoms with van der Waals surface area (Å²) in [5, 5.41) is 1.82. The van der Waals surface area contributed by atoms with Crippen LogP contribution in [0.5, 0.6) is 5.75 Å². The van der Waals surface area contributed by atoms with Gasteiger partial charge in [0.1, 0.15) is 5.75 Å². The number of hydrogen-bond donors (Lipinski definition) is 1. The summed E-state index contributed by atoms with van der Waals surface area (Å²) in [6.45, 7) is 1.15. The average molecular weight is 557 g/mol. The maximum atomic E-state index is 13.5. The Bertz CT molecular complexity index is 1250. The highest BCUT2D eigenvalue weighted by Crippen LogP contribution is 2.43. The SMILES string of the molecule is Cl.NN1CCC[C@@H](Cc2cc(-c3cc(C(F)(F)F)cc(C(F)(F)F)c3)cc3c2OCC3)[C@H]1c1ccccc1. The zero-order valence-corrected chi connectivity index (χ0v) is 21.1. The minimum Gasteiger partial charge on any atom is -0.493 e. The van der Waals surface area contributed by atoms with Gasteiger partial charge in [-0.3, -0.25) is 5.84 Å². The number of rotatable bonds is 4. The molecule has 3 nitrogen and oxygen atoms in total. The molecule has 3 aromatic rings. The number of nitrogens with two attached hydrogens (primary N) is 1. The maximum Gasteiger partial charge on any atom is 0.416 e. The molecule has 0 aromatic heterocycles. The minimum absolute atomic E-state index is 0. The molecule has 0 aliphatic carbocycles. The van der Waals surface area contributed by atoms with E-state index in [1.165, 1.54) is 0 Å². The molecule has 0 radical (unpaired) electrons. The zero-order valence-electron chi connectivity index (χ0n) is 20.3. The molecule has 38 heavy (non-hydrogen) atoms. The second kappa shape index (κ2) is 10.8. The summed E-state index contributed by atoms with van der Waals surface area (Å²) < 4.78 is 86.9. The van der Waals surface area contributed by atoms with Crippen LogP contribution < -0.4 is 10.6 Å². The largest absolute Gasteiger partial charge is 0.493 e. The van der Waals surface area contributed by atoms with Crippen molar-refractivity contribution >= 4 is 12.4 Å². The lowest BCUT2D eigenvalue weighted by molar-refractivity contribution is -0.143. The summed E-state index contributed by atoms with van der Waals surface area (Å²) in [4.78, 5) is 0. The molecule has 2 aliphatic heterocycles. The van der Waals surface area contributed by atoms with Gasteiger partial charge in [-0.25, -0.2) is 5.01 Å². The third-order valence-electron chi connectivity index (χ3n) is 7.20. The number of halogens is 7. The van der Waals surface area contributed by atoms with Crippen molar-refractivity contribution in [2.75, 3.05) is 13.2 Å². The van der Waals surface area contributed by atoms with Crippen LogP contribution in [0, 0.1) is 5.92 Å². The van der Waals surface area contributed by atoms with Crippen molar-refractivity contribution in [3.8, 4) is 16.9 Å². The Hall–Kier alpha value is -2.75. The average Bonchev–Trinajstić information content (AvgIpc) is 3.32. The first-order chi connectivity index (χ1) is 17.5. The smallest absolute Gasteiger partial charge is 0.416 e. The highest BCUT2D eigenvalue weighted by Gasteiger charge is 2.37. The molecule has 1 saturated heterocycles. The van der Waals surface area contributed by atoms with Gasteiger partial charge in [0.25, 0.3) is 0 Å². The van der Waals surface area contributed by atoms with Crippen molar-refractivity contribution in [3.63, 3.8) is 0 Å². The van der Waals surface area contributed by atoms with Crippen LogP contribution in [-0.4, -0.2) is 18.2 Å². The molecular weight excluding hydrogens is 530 g/mol. The Morgan fingerprint density at radius 2 is 1.50 bits per heavy atom.